The lowest BCUT2D eigenvalue weighted by Gasteiger charge is -2.35. The molecule has 5 nitrogen and oxygen atoms in total. The van der Waals surface area contributed by atoms with Gasteiger partial charge in [-0.15, -0.1) is 12.4 Å². The number of rotatable bonds is 6. The number of hydrogen-bond acceptors (Lipinski definition) is 4. The van der Waals surface area contributed by atoms with E-state index in [1.807, 2.05) is 55.5 Å². The van der Waals surface area contributed by atoms with E-state index in [1.165, 1.54) is 5.56 Å². The van der Waals surface area contributed by atoms with Crippen LogP contribution in [0.3, 0.4) is 0 Å². The first-order valence-corrected chi connectivity index (χ1v) is 8.97. The molecule has 0 radical (unpaired) electrons. The maximum Gasteiger partial charge on any atom is 0.233 e. The number of carbonyl (C=O) groups excluding carboxylic acids is 1. The number of benzene rings is 2. The summed E-state index contributed by atoms with van der Waals surface area (Å²) in [5, 5.41) is 6.33. The molecular weight excluding hydrogens is 364 g/mol. The summed E-state index contributed by atoms with van der Waals surface area (Å²) in [7, 11) is 1.65. The molecule has 2 aromatic carbocycles. The first kappa shape index (κ1) is 21.2. The number of anilines is 1. The Morgan fingerprint density at radius 3 is 2.15 bits per heavy atom. The van der Waals surface area contributed by atoms with Crippen molar-refractivity contribution in [2.75, 3.05) is 32.1 Å². The van der Waals surface area contributed by atoms with Gasteiger partial charge >= 0.3 is 0 Å². The average molecular weight is 391 g/mol. The van der Waals surface area contributed by atoms with Gasteiger partial charge in [-0.1, -0.05) is 17.7 Å². The standard InChI is InChI=1S/C21H26N2O3.ClH/c1-16-3-7-18(8-4-16)26-19-9-5-17(6-10-19)23-20(24)21(15-25-2)11-13-22-14-12-21;/h3-10,22H,11-15H2,1-2H3,(H,23,24);1H. The Labute approximate surface area is 166 Å². The average Bonchev–Trinajstić information content (AvgIpc) is 2.66. The van der Waals surface area contributed by atoms with E-state index in [4.69, 9.17) is 9.47 Å². The van der Waals surface area contributed by atoms with Crippen LogP contribution in [0.25, 0.3) is 0 Å². The van der Waals surface area contributed by atoms with E-state index in [1.54, 1.807) is 7.11 Å². The molecule has 0 bridgehead atoms. The highest BCUT2D eigenvalue weighted by molar-refractivity contribution is 5.95. The Hall–Kier alpha value is -2.08. The summed E-state index contributed by atoms with van der Waals surface area (Å²) < 4.78 is 11.2. The van der Waals surface area contributed by atoms with Crippen molar-refractivity contribution in [3.8, 4) is 11.5 Å². The van der Waals surface area contributed by atoms with Gasteiger partial charge < -0.3 is 20.1 Å². The normalized spacial score (nSPS) is 15.5. The van der Waals surface area contributed by atoms with Crippen molar-refractivity contribution in [2.24, 2.45) is 5.41 Å². The molecule has 27 heavy (non-hydrogen) atoms. The Morgan fingerprint density at radius 2 is 1.59 bits per heavy atom. The zero-order valence-corrected chi connectivity index (χ0v) is 16.6. The molecule has 2 aromatic rings. The van der Waals surface area contributed by atoms with Crippen molar-refractivity contribution in [3.63, 3.8) is 0 Å². The van der Waals surface area contributed by atoms with Crippen molar-refractivity contribution in [1.29, 1.82) is 0 Å². The van der Waals surface area contributed by atoms with Crippen molar-refractivity contribution in [2.45, 2.75) is 19.8 Å². The van der Waals surface area contributed by atoms with Crippen LogP contribution in [0.5, 0.6) is 11.5 Å². The predicted octanol–water partition coefficient (Wildman–Crippen LogP) is 4.16. The molecule has 2 N–H and O–H groups in total. The second-order valence-electron chi connectivity index (χ2n) is 6.86. The van der Waals surface area contributed by atoms with Gasteiger partial charge in [-0.3, -0.25) is 4.79 Å². The van der Waals surface area contributed by atoms with E-state index in [0.29, 0.717) is 6.61 Å². The van der Waals surface area contributed by atoms with E-state index in [0.717, 1.165) is 43.1 Å². The number of amides is 1. The quantitative estimate of drug-likeness (QED) is 0.777. The molecule has 1 aliphatic rings. The Bertz CT molecular complexity index is 721. The fourth-order valence-corrected chi connectivity index (χ4v) is 3.23. The zero-order chi connectivity index (χ0) is 18.4. The van der Waals surface area contributed by atoms with Crippen LogP contribution in [0.15, 0.2) is 48.5 Å². The molecule has 1 fully saturated rings. The first-order valence-electron chi connectivity index (χ1n) is 8.97. The smallest absolute Gasteiger partial charge is 0.233 e. The molecule has 146 valence electrons. The zero-order valence-electron chi connectivity index (χ0n) is 15.8. The van der Waals surface area contributed by atoms with Crippen LogP contribution in [0.2, 0.25) is 0 Å². The fraction of sp³-hybridized carbons (Fsp3) is 0.381. The third kappa shape index (κ3) is 5.45. The summed E-state index contributed by atoms with van der Waals surface area (Å²) in [6, 6.07) is 15.4. The minimum atomic E-state index is -0.461. The predicted molar refractivity (Wildman–Crippen MR) is 110 cm³/mol. The third-order valence-electron chi connectivity index (χ3n) is 4.83. The van der Waals surface area contributed by atoms with Crippen molar-refractivity contribution >= 4 is 24.0 Å². The number of carbonyl (C=O) groups is 1. The van der Waals surface area contributed by atoms with Gasteiger partial charge in [0, 0.05) is 12.8 Å². The van der Waals surface area contributed by atoms with Gasteiger partial charge in [0.25, 0.3) is 0 Å². The molecule has 0 spiro atoms. The maximum atomic E-state index is 12.8. The number of hydrogen-bond donors (Lipinski definition) is 2. The summed E-state index contributed by atoms with van der Waals surface area (Å²) in [4.78, 5) is 12.8. The molecule has 1 heterocycles. The van der Waals surface area contributed by atoms with E-state index >= 15 is 0 Å². The highest BCUT2D eigenvalue weighted by Crippen LogP contribution is 2.31. The largest absolute Gasteiger partial charge is 0.457 e. The van der Waals surface area contributed by atoms with Crippen molar-refractivity contribution < 1.29 is 14.3 Å². The number of nitrogens with one attached hydrogen (secondary N) is 2. The van der Waals surface area contributed by atoms with Crippen LogP contribution in [0.1, 0.15) is 18.4 Å². The van der Waals surface area contributed by atoms with Gasteiger partial charge in [0.1, 0.15) is 11.5 Å². The number of methoxy groups -OCH3 is 1. The van der Waals surface area contributed by atoms with Gasteiger partial charge in [0.05, 0.1) is 12.0 Å². The molecule has 0 aliphatic carbocycles. The molecule has 0 saturated carbocycles. The lowest BCUT2D eigenvalue weighted by molar-refractivity contribution is -0.130. The van der Waals surface area contributed by atoms with Gasteiger partial charge in [-0.25, -0.2) is 0 Å². The van der Waals surface area contributed by atoms with Crippen LogP contribution in [-0.2, 0) is 9.53 Å². The molecule has 1 saturated heterocycles. The minimum Gasteiger partial charge on any atom is -0.457 e. The number of ether oxygens (including phenoxy) is 2. The Morgan fingerprint density at radius 1 is 1.04 bits per heavy atom. The third-order valence-corrected chi connectivity index (χ3v) is 4.83. The van der Waals surface area contributed by atoms with Crippen LogP contribution < -0.4 is 15.4 Å². The van der Waals surface area contributed by atoms with Crippen LogP contribution in [0, 0.1) is 12.3 Å². The topological polar surface area (TPSA) is 59.6 Å². The van der Waals surface area contributed by atoms with Gasteiger partial charge in [0.15, 0.2) is 0 Å². The lowest BCUT2D eigenvalue weighted by atomic mass is 9.78. The van der Waals surface area contributed by atoms with E-state index in [2.05, 4.69) is 10.6 Å². The molecule has 0 aromatic heterocycles. The number of piperidine rings is 1. The fourth-order valence-electron chi connectivity index (χ4n) is 3.23. The Kier molecular flexibility index (Phi) is 7.66. The summed E-state index contributed by atoms with van der Waals surface area (Å²) >= 11 is 0. The molecule has 6 heteroatoms. The van der Waals surface area contributed by atoms with Crippen LogP contribution >= 0.6 is 12.4 Å². The molecule has 1 amide bonds. The summed E-state index contributed by atoms with van der Waals surface area (Å²) in [5.74, 6) is 1.55. The summed E-state index contributed by atoms with van der Waals surface area (Å²) in [6.07, 6.45) is 1.56. The molecular formula is C21H27ClN2O3. The molecule has 1 aliphatic heterocycles. The lowest BCUT2D eigenvalue weighted by Crippen LogP contribution is -2.47. The van der Waals surface area contributed by atoms with Crippen LogP contribution in [-0.4, -0.2) is 32.7 Å². The highest BCUT2D eigenvalue weighted by atomic mass is 35.5. The summed E-state index contributed by atoms with van der Waals surface area (Å²) in [6.45, 7) is 4.15. The van der Waals surface area contributed by atoms with Gasteiger partial charge in [-0.05, 0) is 69.3 Å². The van der Waals surface area contributed by atoms with Crippen LogP contribution in [0.4, 0.5) is 5.69 Å². The number of halogens is 1. The monoisotopic (exact) mass is 390 g/mol. The van der Waals surface area contributed by atoms with Crippen molar-refractivity contribution in [1.82, 2.24) is 5.32 Å². The summed E-state index contributed by atoms with van der Waals surface area (Å²) in [5.41, 5.74) is 1.50. The van der Waals surface area contributed by atoms with Crippen molar-refractivity contribution in [3.05, 3.63) is 54.1 Å². The van der Waals surface area contributed by atoms with Gasteiger partial charge in [0.2, 0.25) is 5.91 Å². The molecule has 0 unspecified atom stereocenters. The first-order chi connectivity index (χ1) is 12.6. The minimum absolute atomic E-state index is 0. The van der Waals surface area contributed by atoms with Gasteiger partial charge in [-0.2, -0.15) is 0 Å². The second-order valence-corrected chi connectivity index (χ2v) is 6.86. The van der Waals surface area contributed by atoms with E-state index in [-0.39, 0.29) is 18.3 Å². The molecule has 3 rings (SSSR count). The Balaban J connectivity index is 0.00000261. The highest BCUT2D eigenvalue weighted by Gasteiger charge is 2.39. The maximum absolute atomic E-state index is 12.8. The SMILES string of the molecule is COCC1(C(=O)Nc2ccc(Oc3ccc(C)cc3)cc2)CCNCC1.Cl. The van der Waals surface area contributed by atoms with E-state index < -0.39 is 5.41 Å². The molecule has 0 atom stereocenters. The number of aryl methyl sites for hydroxylation is 1. The second kappa shape index (κ2) is 9.74. The van der Waals surface area contributed by atoms with E-state index in [9.17, 15) is 4.79 Å².